The number of ether oxygens (including phenoxy) is 1. The third-order valence-electron chi connectivity index (χ3n) is 3.36. The van der Waals surface area contributed by atoms with E-state index in [1.807, 2.05) is 6.92 Å². The fourth-order valence-corrected chi connectivity index (χ4v) is 4.68. The molecule has 0 aromatic rings. The van der Waals surface area contributed by atoms with Crippen LogP contribution in [0.5, 0.6) is 0 Å². The molecular weight excluding hydrogens is 226 g/mol. The van der Waals surface area contributed by atoms with Crippen LogP contribution in [0, 0.1) is 5.92 Å². The van der Waals surface area contributed by atoms with Crippen molar-refractivity contribution in [1.82, 2.24) is 5.32 Å². The Morgan fingerprint density at radius 2 is 2.06 bits per heavy atom. The van der Waals surface area contributed by atoms with Gasteiger partial charge < -0.3 is 4.74 Å². The predicted octanol–water partition coefficient (Wildman–Crippen LogP) is 0.926. The minimum absolute atomic E-state index is 0.00771. The molecule has 0 aliphatic carbocycles. The zero-order valence-electron chi connectivity index (χ0n) is 10.2. The summed E-state index contributed by atoms with van der Waals surface area (Å²) < 4.78 is 28.6. The summed E-state index contributed by atoms with van der Waals surface area (Å²) in [4.78, 5) is 0. The fourth-order valence-electron chi connectivity index (χ4n) is 2.82. The van der Waals surface area contributed by atoms with E-state index in [1.54, 1.807) is 0 Å². The lowest BCUT2D eigenvalue weighted by Crippen LogP contribution is -2.47. The molecule has 94 valence electrons. The van der Waals surface area contributed by atoms with Crippen molar-refractivity contribution in [3.63, 3.8) is 0 Å². The average Bonchev–Trinajstić information content (AvgIpc) is 2.53. The molecule has 2 aliphatic rings. The van der Waals surface area contributed by atoms with E-state index in [0.717, 1.165) is 12.8 Å². The summed E-state index contributed by atoms with van der Waals surface area (Å²) in [5.74, 6) is 0.918. The quantitative estimate of drug-likeness (QED) is 0.788. The van der Waals surface area contributed by atoms with Gasteiger partial charge in [0.2, 0.25) is 0 Å². The number of hydrogen-bond donors (Lipinski definition) is 1. The summed E-state index contributed by atoms with van der Waals surface area (Å²) in [7, 11) is -2.78. The topological polar surface area (TPSA) is 55.4 Å². The molecule has 0 bridgehead atoms. The molecule has 0 saturated carbocycles. The number of hydrogen-bond acceptors (Lipinski definition) is 4. The van der Waals surface area contributed by atoms with Crippen molar-refractivity contribution in [1.29, 1.82) is 0 Å². The minimum atomic E-state index is -2.78. The van der Waals surface area contributed by atoms with E-state index in [2.05, 4.69) is 19.2 Å². The lowest BCUT2D eigenvalue weighted by Gasteiger charge is -2.28. The highest BCUT2D eigenvalue weighted by Gasteiger charge is 2.43. The summed E-state index contributed by atoms with van der Waals surface area (Å²) >= 11 is 0. The van der Waals surface area contributed by atoms with Gasteiger partial charge in [-0.15, -0.1) is 0 Å². The molecule has 2 atom stereocenters. The van der Waals surface area contributed by atoms with Gasteiger partial charge in [-0.25, -0.2) is 8.42 Å². The van der Waals surface area contributed by atoms with Crippen LogP contribution in [0.15, 0.2) is 0 Å². The van der Waals surface area contributed by atoms with Gasteiger partial charge in [-0.3, -0.25) is 5.32 Å². The molecule has 2 rings (SSSR count). The van der Waals surface area contributed by atoms with Crippen LogP contribution in [-0.4, -0.2) is 37.8 Å². The van der Waals surface area contributed by atoms with Gasteiger partial charge in [-0.2, -0.15) is 0 Å². The Bertz CT molecular complexity index is 377. The highest BCUT2D eigenvalue weighted by molar-refractivity contribution is 7.91. The standard InChI is InChI=1S/C11H21NO3S/c1-10(2)8-15-11(3,12-10)6-9-4-5-16(13,14)7-9/h9,12H,4-8H2,1-3H3. The highest BCUT2D eigenvalue weighted by atomic mass is 32.2. The normalized spacial score (nSPS) is 41.3. The van der Waals surface area contributed by atoms with E-state index in [0.29, 0.717) is 18.1 Å². The van der Waals surface area contributed by atoms with Crippen molar-refractivity contribution >= 4 is 9.84 Å². The largest absolute Gasteiger partial charge is 0.359 e. The Balaban J connectivity index is 1.96. The van der Waals surface area contributed by atoms with Crippen molar-refractivity contribution in [2.75, 3.05) is 18.1 Å². The lowest BCUT2D eigenvalue weighted by atomic mass is 9.96. The van der Waals surface area contributed by atoms with Crippen molar-refractivity contribution in [2.24, 2.45) is 5.92 Å². The number of nitrogens with one attached hydrogen (secondary N) is 1. The van der Waals surface area contributed by atoms with Crippen molar-refractivity contribution in [2.45, 2.75) is 44.9 Å². The molecule has 0 aromatic carbocycles. The van der Waals surface area contributed by atoms with E-state index in [9.17, 15) is 8.42 Å². The maximum Gasteiger partial charge on any atom is 0.150 e. The van der Waals surface area contributed by atoms with Gasteiger partial charge >= 0.3 is 0 Å². The van der Waals surface area contributed by atoms with Gasteiger partial charge in [0.05, 0.1) is 18.1 Å². The third-order valence-corrected chi connectivity index (χ3v) is 5.20. The van der Waals surface area contributed by atoms with E-state index >= 15 is 0 Å². The molecule has 5 heteroatoms. The predicted molar refractivity (Wildman–Crippen MR) is 62.9 cm³/mol. The molecule has 1 N–H and O–H groups in total. The summed E-state index contributed by atoms with van der Waals surface area (Å²) in [6.07, 6.45) is 1.57. The van der Waals surface area contributed by atoms with Crippen LogP contribution in [-0.2, 0) is 14.6 Å². The molecule has 0 radical (unpaired) electrons. The fraction of sp³-hybridized carbons (Fsp3) is 1.00. The first kappa shape index (κ1) is 12.3. The second kappa shape index (κ2) is 3.68. The molecule has 2 heterocycles. The van der Waals surface area contributed by atoms with Crippen molar-refractivity contribution in [3.8, 4) is 0 Å². The van der Waals surface area contributed by atoms with Crippen LogP contribution in [0.1, 0.15) is 33.6 Å². The van der Waals surface area contributed by atoms with Crippen LogP contribution in [0.2, 0.25) is 0 Å². The second-order valence-corrected chi connectivity index (χ2v) is 8.23. The molecule has 0 amide bonds. The van der Waals surface area contributed by atoms with Gasteiger partial charge in [-0.05, 0) is 39.5 Å². The molecule has 16 heavy (non-hydrogen) atoms. The molecule has 4 nitrogen and oxygen atoms in total. The van der Waals surface area contributed by atoms with Gasteiger partial charge in [0, 0.05) is 5.54 Å². The molecular formula is C11H21NO3S. The van der Waals surface area contributed by atoms with Crippen molar-refractivity contribution in [3.05, 3.63) is 0 Å². The summed E-state index contributed by atoms with van der Waals surface area (Å²) in [5, 5.41) is 3.44. The summed E-state index contributed by atoms with van der Waals surface area (Å²) in [6.45, 7) is 6.91. The first-order valence-corrected chi connectivity index (χ1v) is 7.66. The van der Waals surface area contributed by atoms with E-state index in [1.165, 1.54) is 0 Å². The van der Waals surface area contributed by atoms with E-state index < -0.39 is 9.84 Å². The van der Waals surface area contributed by atoms with Crippen LogP contribution < -0.4 is 5.32 Å². The molecule has 2 unspecified atom stereocenters. The maximum absolute atomic E-state index is 11.4. The monoisotopic (exact) mass is 247 g/mol. The zero-order chi connectivity index (χ0) is 12.0. The third kappa shape index (κ3) is 2.76. The molecule has 2 fully saturated rings. The highest BCUT2D eigenvalue weighted by Crippen LogP contribution is 2.32. The van der Waals surface area contributed by atoms with Crippen LogP contribution in [0.3, 0.4) is 0 Å². The first-order valence-electron chi connectivity index (χ1n) is 5.84. The van der Waals surface area contributed by atoms with Crippen LogP contribution in [0.25, 0.3) is 0 Å². The Hall–Kier alpha value is -0.130. The number of rotatable bonds is 2. The van der Waals surface area contributed by atoms with Gasteiger partial charge in [-0.1, -0.05) is 0 Å². The molecule has 0 spiro atoms. The number of sulfone groups is 1. The Kier molecular flexibility index (Phi) is 2.84. The van der Waals surface area contributed by atoms with Crippen molar-refractivity contribution < 1.29 is 13.2 Å². The van der Waals surface area contributed by atoms with Gasteiger partial charge in [0.1, 0.15) is 5.72 Å². The lowest BCUT2D eigenvalue weighted by molar-refractivity contribution is -0.0111. The smallest absolute Gasteiger partial charge is 0.150 e. The zero-order valence-corrected chi connectivity index (χ0v) is 11.1. The SMILES string of the molecule is CC1(C)COC(C)(CC2CCS(=O)(=O)C2)N1. The molecule has 2 aliphatic heterocycles. The maximum atomic E-state index is 11.4. The molecule has 2 saturated heterocycles. The van der Waals surface area contributed by atoms with E-state index in [-0.39, 0.29) is 17.2 Å². The van der Waals surface area contributed by atoms with Crippen LogP contribution >= 0.6 is 0 Å². The Morgan fingerprint density at radius 3 is 2.50 bits per heavy atom. The summed E-state index contributed by atoms with van der Waals surface area (Å²) in [5.41, 5.74) is -0.361. The Labute approximate surface area is 97.7 Å². The molecule has 0 aromatic heterocycles. The van der Waals surface area contributed by atoms with E-state index in [4.69, 9.17) is 4.74 Å². The van der Waals surface area contributed by atoms with Gasteiger partial charge in [0.25, 0.3) is 0 Å². The average molecular weight is 247 g/mol. The first-order chi connectivity index (χ1) is 7.20. The second-order valence-electron chi connectivity index (χ2n) is 6.00. The summed E-state index contributed by atoms with van der Waals surface area (Å²) in [6, 6.07) is 0. The Morgan fingerprint density at radius 1 is 1.38 bits per heavy atom. The minimum Gasteiger partial charge on any atom is -0.359 e. The van der Waals surface area contributed by atoms with Gasteiger partial charge in [0.15, 0.2) is 9.84 Å². The van der Waals surface area contributed by atoms with Crippen LogP contribution in [0.4, 0.5) is 0 Å².